The second kappa shape index (κ2) is 9.69. The minimum atomic E-state index is -4.57. The lowest BCUT2D eigenvalue weighted by molar-refractivity contribution is -0.137. The first-order chi connectivity index (χ1) is 17.1. The molecule has 3 aromatic carbocycles. The standard InChI is InChI=1S/C26H19BrF3NO5/c1-35-18-5-3-4-14(12-18)22-21(23(32)15-6-11-20(36-2)19(27)13-15)24(33)25(34)31(22)17-9-7-16(8-10-17)26(28,29)30/h3-13,22,32H,1-2H3/b23-21-. The van der Waals surface area contributed by atoms with Crippen molar-refractivity contribution in [1.29, 1.82) is 0 Å². The van der Waals surface area contributed by atoms with E-state index >= 15 is 0 Å². The van der Waals surface area contributed by atoms with Gasteiger partial charge in [-0.05, 0) is 76.1 Å². The number of anilines is 1. The van der Waals surface area contributed by atoms with Crippen molar-refractivity contribution < 1.29 is 37.3 Å². The fraction of sp³-hybridized carbons (Fsp3) is 0.154. The molecule has 1 amide bonds. The second-order valence-corrected chi connectivity index (χ2v) is 8.69. The number of amides is 1. The molecule has 1 N–H and O–H groups in total. The van der Waals surface area contributed by atoms with Gasteiger partial charge in [0.05, 0.1) is 35.9 Å². The maximum Gasteiger partial charge on any atom is 0.416 e. The number of hydrogen-bond acceptors (Lipinski definition) is 5. The van der Waals surface area contributed by atoms with Crippen LogP contribution in [-0.2, 0) is 15.8 Å². The van der Waals surface area contributed by atoms with Gasteiger partial charge in [-0.1, -0.05) is 12.1 Å². The van der Waals surface area contributed by atoms with Crippen LogP contribution in [0.2, 0.25) is 0 Å². The van der Waals surface area contributed by atoms with Crippen molar-refractivity contribution in [2.24, 2.45) is 0 Å². The van der Waals surface area contributed by atoms with Crippen molar-refractivity contribution in [3.05, 3.63) is 93.5 Å². The molecule has 1 atom stereocenters. The third-order valence-electron chi connectivity index (χ3n) is 5.75. The van der Waals surface area contributed by atoms with Crippen LogP contribution in [0.3, 0.4) is 0 Å². The zero-order valence-corrected chi connectivity index (χ0v) is 20.6. The van der Waals surface area contributed by atoms with Crippen LogP contribution < -0.4 is 14.4 Å². The molecule has 3 aromatic rings. The molecule has 1 fully saturated rings. The third-order valence-corrected chi connectivity index (χ3v) is 6.37. The minimum absolute atomic E-state index is 0.0629. The number of aliphatic hydroxyl groups is 1. The van der Waals surface area contributed by atoms with Crippen LogP contribution in [0.4, 0.5) is 18.9 Å². The van der Waals surface area contributed by atoms with Gasteiger partial charge in [0.15, 0.2) is 0 Å². The van der Waals surface area contributed by atoms with Gasteiger partial charge in [-0.25, -0.2) is 0 Å². The second-order valence-electron chi connectivity index (χ2n) is 7.84. The summed E-state index contributed by atoms with van der Waals surface area (Å²) >= 11 is 3.33. The van der Waals surface area contributed by atoms with Crippen molar-refractivity contribution in [3.8, 4) is 11.5 Å². The Kier molecular flexibility index (Phi) is 6.81. The van der Waals surface area contributed by atoms with Crippen LogP contribution in [0.1, 0.15) is 22.7 Å². The van der Waals surface area contributed by atoms with Crippen molar-refractivity contribution >= 4 is 39.1 Å². The summed E-state index contributed by atoms with van der Waals surface area (Å²) in [6.07, 6.45) is -4.57. The number of nitrogens with zero attached hydrogens (tertiary/aromatic N) is 1. The van der Waals surface area contributed by atoms with Gasteiger partial charge in [-0.2, -0.15) is 13.2 Å². The SMILES string of the molecule is COc1cccc(C2/C(=C(/O)c3ccc(OC)c(Br)c3)C(=O)C(=O)N2c2ccc(C(F)(F)F)cc2)c1. The smallest absolute Gasteiger partial charge is 0.416 e. The predicted molar refractivity (Wildman–Crippen MR) is 130 cm³/mol. The number of carbonyl (C=O) groups is 2. The molecular formula is C26H19BrF3NO5. The van der Waals surface area contributed by atoms with E-state index in [0.29, 0.717) is 21.5 Å². The molecule has 0 aromatic heterocycles. The summed E-state index contributed by atoms with van der Waals surface area (Å²) < 4.78 is 50.3. The van der Waals surface area contributed by atoms with Crippen LogP contribution >= 0.6 is 15.9 Å². The molecule has 36 heavy (non-hydrogen) atoms. The van der Waals surface area contributed by atoms with Crippen molar-refractivity contribution in [2.45, 2.75) is 12.2 Å². The van der Waals surface area contributed by atoms with Crippen molar-refractivity contribution in [3.63, 3.8) is 0 Å². The number of rotatable bonds is 5. The van der Waals surface area contributed by atoms with E-state index in [4.69, 9.17) is 9.47 Å². The molecule has 1 heterocycles. The fourth-order valence-electron chi connectivity index (χ4n) is 4.01. The fourth-order valence-corrected chi connectivity index (χ4v) is 4.55. The molecule has 10 heteroatoms. The Morgan fingerprint density at radius 2 is 1.67 bits per heavy atom. The first-order valence-corrected chi connectivity index (χ1v) is 11.3. The molecule has 1 unspecified atom stereocenters. The Hall–Kier alpha value is -3.79. The number of methoxy groups -OCH3 is 2. The van der Waals surface area contributed by atoms with E-state index in [1.807, 2.05) is 0 Å². The monoisotopic (exact) mass is 561 g/mol. The summed E-state index contributed by atoms with van der Waals surface area (Å²) in [6, 6.07) is 13.9. The number of hydrogen-bond donors (Lipinski definition) is 1. The van der Waals surface area contributed by atoms with Gasteiger partial charge in [0.25, 0.3) is 11.7 Å². The quantitative estimate of drug-likeness (QED) is 0.231. The topological polar surface area (TPSA) is 76.1 Å². The van der Waals surface area contributed by atoms with Crippen LogP contribution in [0, 0.1) is 0 Å². The van der Waals surface area contributed by atoms with Crippen LogP contribution in [0.15, 0.2) is 76.8 Å². The zero-order chi connectivity index (χ0) is 26.2. The molecular weight excluding hydrogens is 543 g/mol. The lowest BCUT2D eigenvalue weighted by atomic mass is 9.95. The highest BCUT2D eigenvalue weighted by Gasteiger charge is 2.47. The van der Waals surface area contributed by atoms with E-state index in [0.717, 1.165) is 29.2 Å². The van der Waals surface area contributed by atoms with Crippen LogP contribution in [0.25, 0.3) is 5.76 Å². The number of aliphatic hydroxyl groups excluding tert-OH is 1. The normalized spacial score (nSPS) is 17.4. The van der Waals surface area contributed by atoms with Gasteiger partial charge in [0.1, 0.15) is 17.3 Å². The highest BCUT2D eigenvalue weighted by Crippen LogP contribution is 2.44. The van der Waals surface area contributed by atoms with Crippen molar-refractivity contribution in [2.75, 3.05) is 19.1 Å². The maximum absolute atomic E-state index is 13.2. The summed E-state index contributed by atoms with van der Waals surface area (Å²) in [5.41, 5.74) is -0.398. The predicted octanol–water partition coefficient (Wildman–Crippen LogP) is 6.11. The van der Waals surface area contributed by atoms with Gasteiger partial charge in [0.2, 0.25) is 0 Å². The molecule has 0 aliphatic carbocycles. The van der Waals surface area contributed by atoms with E-state index in [-0.39, 0.29) is 16.8 Å². The number of ether oxygens (including phenoxy) is 2. The van der Waals surface area contributed by atoms with Gasteiger partial charge in [-0.3, -0.25) is 14.5 Å². The molecule has 0 spiro atoms. The summed E-state index contributed by atoms with van der Waals surface area (Å²) in [4.78, 5) is 27.5. The van der Waals surface area contributed by atoms with Gasteiger partial charge in [-0.15, -0.1) is 0 Å². The zero-order valence-electron chi connectivity index (χ0n) is 19.0. The first-order valence-electron chi connectivity index (χ1n) is 10.5. The molecule has 0 saturated carbocycles. The van der Waals surface area contributed by atoms with Gasteiger partial charge < -0.3 is 14.6 Å². The number of halogens is 4. The Morgan fingerprint density at radius 3 is 2.25 bits per heavy atom. The summed E-state index contributed by atoms with van der Waals surface area (Å²) in [5, 5.41) is 11.2. The first kappa shape index (κ1) is 25.3. The summed E-state index contributed by atoms with van der Waals surface area (Å²) in [6.45, 7) is 0. The van der Waals surface area contributed by atoms with E-state index in [1.54, 1.807) is 30.3 Å². The highest BCUT2D eigenvalue weighted by molar-refractivity contribution is 9.10. The lowest BCUT2D eigenvalue weighted by Crippen LogP contribution is -2.29. The number of alkyl halides is 3. The molecule has 0 radical (unpaired) electrons. The van der Waals surface area contributed by atoms with E-state index in [2.05, 4.69) is 15.9 Å². The third kappa shape index (κ3) is 4.56. The average molecular weight is 562 g/mol. The van der Waals surface area contributed by atoms with Crippen molar-refractivity contribution in [1.82, 2.24) is 0 Å². The number of Topliss-reactive ketones (excluding diaryl/α,β-unsaturated/α-hetero) is 1. The van der Waals surface area contributed by atoms with E-state index in [9.17, 15) is 27.9 Å². The summed E-state index contributed by atoms with van der Waals surface area (Å²) in [7, 11) is 2.92. The van der Waals surface area contributed by atoms with E-state index < -0.39 is 35.2 Å². The van der Waals surface area contributed by atoms with Gasteiger partial charge >= 0.3 is 6.18 Å². The highest BCUT2D eigenvalue weighted by atomic mass is 79.9. The Labute approximate surface area is 212 Å². The Bertz CT molecular complexity index is 1370. The molecule has 4 rings (SSSR count). The number of ketones is 1. The molecule has 1 saturated heterocycles. The molecule has 1 aliphatic heterocycles. The molecule has 186 valence electrons. The average Bonchev–Trinajstić information content (AvgIpc) is 3.13. The lowest BCUT2D eigenvalue weighted by Gasteiger charge is -2.26. The minimum Gasteiger partial charge on any atom is -0.507 e. The number of benzene rings is 3. The molecule has 6 nitrogen and oxygen atoms in total. The number of carbonyl (C=O) groups excluding carboxylic acids is 2. The van der Waals surface area contributed by atoms with E-state index in [1.165, 1.54) is 26.4 Å². The molecule has 0 bridgehead atoms. The van der Waals surface area contributed by atoms with Crippen LogP contribution in [0.5, 0.6) is 11.5 Å². The summed E-state index contributed by atoms with van der Waals surface area (Å²) in [5.74, 6) is -1.50. The molecule has 1 aliphatic rings. The maximum atomic E-state index is 13.2. The van der Waals surface area contributed by atoms with Gasteiger partial charge in [0, 0.05) is 11.3 Å². The Balaban J connectivity index is 1.92. The van der Waals surface area contributed by atoms with Crippen LogP contribution in [-0.4, -0.2) is 31.0 Å². The largest absolute Gasteiger partial charge is 0.507 e. The Morgan fingerprint density at radius 1 is 0.972 bits per heavy atom.